The van der Waals surface area contributed by atoms with E-state index in [-0.39, 0.29) is 10.3 Å². The molecule has 0 fully saturated rings. The van der Waals surface area contributed by atoms with Crippen LogP contribution in [0.15, 0.2) is 29.2 Å². The average Bonchev–Trinajstić information content (AvgIpc) is 2.69. The van der Waals surface area contributed by atoms with Crippen LogP contribution in [0.5, 0.6) is 0 Å². The lowest BCUT2D eigenvalue weighted by Crippen LogP contribution is -2.21. The fraction of sp³-hybridized carbons (Fsp3) is 0. The number of benzene rings is 1. The highest BCUT2D eigenvalue weighted by Crippen LogP contribution is 2.34. The third kappa shape index (κ3) is 1.91. The third-order valence-electron chi connectivity index (χ3n) is 2.13. The average molecular weight is 273 g/mol. The molecule has 3 N–H and O–H groups in total. The Kier molecular flexibility index (Phi) is 2.87. The molecule has 1 aromatic carbocycles. The minimum atomic E-state index is -4.22. The van der Waals surface area contributed by atoms with Gasteiger partial charge in [-0.25, -0.2) is 13.2 Å². The van der Waals surface area contributed by atoms with Crippen molar-refractivity contribution in [1.82, 2.24) is 4.89 Å². The summed E-state index contributed by atoms with van der Waals surface area (Å²) >= 11 is 0.844. The van der Waals surface area contributed by atoms with E-state index in [0.29, 0.717) is 4.70 Å². The van der Waals surface area contributed by atoms with Crippen LogP contribution in [0.2, 0.25) is 0 Å². The van der Waals surface area contributed by atoms with E-state index in [1.807, 2.05) is 0 Å². The Hall–Kier alpha value is -1.48. The second kappa shape index (κ2) is 4.08. The number of aromatic carboxylic acids is 1. The molecule has 0 aliphatic carbocycles. The number of fused-ring (bicyclic) bond motifs is 1. The molecule has 0 radical (unpaired) electrons. The topological polar surface area (TPSA) is 104 Å². The van der Waals surface area contributed by atoms with Crippen LogP contribution in [0.4, 0.5) is 0 Å². The van der Waals surface area contributed by atoms with E-state index in [1.54, 1.807) is 18.2 Å². The first kappa shape index (κ1) is 12.0. The highest BCUT2D eigenvalue weighted by atomic mass is 32.2. The third-order valence-corrected chi connectivity index (χ3v) is 4.62. The number of sulfonamides is 1. The summed E-state index contributed by atoms with van der Waals surface area (Å²) in [6, 6.07) is 6.37. The summed E-state index contributed by atoms with van der Waals surface area (Å²) in [6.07, 6.45) is 0. The molecule has 17 heavy (non-hydrogen) atoms. The van der Waals surface area contributed by atoms with Crippen molar-refractivity contribution in [2.24, 2.45) is 0 Å². The lowest BCUT2D eigenvalue weighted by atomic mass is 10.2. The molecule has 0 atom stereocenters. The summed E-state index contributed by atoms with van der Waals surface area (Å²) < 4.78 is 23.7. The summed E-state index contributed by atoms with van der Waals surface area (Å²) in [7, 11) is -4.22. The normalized spacial score (nSPS) is 11.8. The van der Waals surface area contributed by atoms with E-state index in [4.69, 9.17) is 10.3 Å². The zero-order valence-electron chi connectivity index (χ0n) is 8.25. The number of nitrogens with one attached hydrogen (secondary N) is 1. The lowest BCUT2D eigenvalue weighted by molar-refractivity contribution is 0.0698. The summed E-state index contributed by atoms with van der Waals surface area (Å²) in [5.74, 6) is -1.35. The molecule has 6 nitrogen and oxygen atoms in total. The zero-order chi connectivity index (χ0) is 12.6. The number of hydrogen-bond acceptors (Lipinski definition) is 5. The molecule has 2 aromatic rings. The van der Waals surface area contributed by atoms with Gasteiger partial charge < -0.3 is 10.3 Å². The Balaban J connectivity index is 2.92. The van der Waals surface area contributed by atoms with Gasteiger partial charge in [-0.3, -0.25) is 0 Å². The second-order valence-corrected chi connectivity index (χ2v) is 5.81. The van der Waals surface area contributed by atoms with Gasteiger partial charge in [0, 0.05) is 10.1 Å². The van der Waals surface area contributed by atoms with Gasteiger partial charge in [0.25, 0.3) is 10.0 Å². The summed E-state index contributed by atoms with van der Waals surface area (Å²) in [4.78, 5) is 11.4. The Labute approximate surface area is 100 Å². The Bertz CT molecular complexity index is 688. The van der Waals surface area contributed by atoms with Crippen LogP contribution in [-0.2, 0) is 10.0 Å². The molecular weight excluding hydrogens is 266 g/mol. The van der Waals surface area contributed by atoms with Crippen molar-refractivity contribution in [3.05, 3.63) is 29.1 Å². The van der Waals surface area contributed by atoms with E-state index in [2.05, 4.69) is 0 Å². The number of thiophene rings is 1. The van der Waals surface area contributed by atoms with Gasteiger partial charge in [-0.05, 0) is 6.07 Å². The van der Waals surface area contributed by atoms with Crippen molar-refractivity contribution in [1.29, 1.82) is 0 Å². The molecule has 0 amide bonds. The quantitative estimate of drug-likeness (QED) is 0.730. The number of carboxylic acids is 1. The van der Waals surface area contributed by atoms with Crippen LogP contribution in [0, 0.1) is 0 Å². The van der Waals surface area contributed by atoms with Crippen LogP contribution in [0.25, 0.3) is 10.1 Å². The van der Waals surface area contributed by atoms with Gasteiger partial charge in [0.15, 0.2) is 0 Å². The van der Waals surface area contributed by atoms with Crippen molar-refractivity contribution in [3.63, 3.8) is 0 Å². The Morgan fingerprint density at radius 1 is 1.29 bits per heavy atom. The van der Waals surface area contributed by atoms with Crippen molar-refractivity contribution in [3.8, 4) is 0 Å². The SMILES string of the molecule is O=C(O)c1sc2ccccc2c1S(=O)(=O)NO. The Morgan fingerprint density at radius 2 is 1.94 bits per heavy atom. The first-order chi connectivity index (χ1) is 7.97. The number of carbonyl (C=O) groups is 1. The Morgan fingerprint density at radius 3 is 2.53 bits per heavy atom. The van der Waals surface area contributed by atoms with Gasteiger partial charge in [0.1, 0.15) is 9.77 Å². The van der Waals surface area contributed by atoms with Gasteiger partial charge in [0.2, 0.25) is 0 Å². The van der Waals surface area contributed by atoms with Crippen molar-refractivity contribution >= 4 is 37.4 Å². The highest BCUT2D eigenvalue weighted by molar-refractivity contribution is 7.89. The molecule has 0 aliphatic rings. The maximum absolute atomic E-state index is 11.6. The highest BCUT2D eigenvalue weighted by Gasteiger charge is 2.27. The summed E-state index contributed by atoms with van der Waals surface area (Å²) in [5.41, 5.74) is 0. The zero-order valence-corrected chi connectivity index (χ0v) is 9.88. The van der Waals surface area contributed by atoms with E-state index in [0.717, 1.165) is 16.2 Å². The van der Waals surface area contributed by atoms with Crippen molar-refractivity contribution in [2.45, 2.75) is 4.90 Å². The van der Waals surface area contributed by atoms with Gasteiger partial charge in [-0.1, -0.05) is 23.1 Å². The van der Waals surface area contributed by atoms with Crippen molar-refractivity contribution in [2.75, 3.05) is 0 Å². The molecule has 0 spiro atoms. The minimum absolute atomic E-state index is 0.274. The molecule has 8 heteroatoms. The largest absolute Gasteiger partial charge is 0.477 e. The molecule has 1 heterocycles. The second-order valence-electron chi connectivity index (χ2n) is 3.16. The van der Waals surface area contributed by atoms with E-state index >= 15 is 0 Å². The molecule has 1 aromatic heterocycles. The first-order valence-electron chi connectivity index (χ1n) is 4.38. The number of hydrogen-bond donors (Lipinski definition) is 3. The molecular formula is C9H7NO5S2. The molecule has 2 rings (SSSR count). The fourth-order valence-electron chi connectivity index (χ4n) is 1.48. The molecule has 0 unspecified atom stereocenters. The van der Waals surface area contributed by atoms with Crippen LogP contribution in [0.1, 0.15) is 9.67 Å². The van der Waals surface area contributed by atoms with E-state index in [1.165, 1.54) is 6.07 Å². The van der Waals surface area contributed by atoms with Crippen LogP contribution < -0.4 is 4.89 Å². The maximum atomic E-state index is 11.6. The van der Waals surface area contributed by atoms with E-state index < -0.39 is 20.9 Å². The van der Waals surface area contributed by atoms with Gasteiger partial charge >= 0.3 is 5.97 Å². The van der Waals surface area contributed by atoms with Gasteiger partial charge in [0.05, 0.1) is 0 Å². The van der Waals surface area contributed by atoms with Crippen molar-refractivity contribution < 1.29 is 23.5 Å². The molecule has 0 saturated heterocycles. The monoisotopic (exact) mass is 273 g/mol. The van der Waals surface area contributed by atoms with Gasteiger partial charge in [-0.2, -0.15) is 0 Å². The van der Waals surface area contributed by atoms with Crippen LogP contribution >= 0.6 is 11.3 Å². The predicted octanol–water partition coefficient (Wildman–Crippen LogP) is 1.27. The number of rotatable bonds is 3. The summed E-state index contributed by atoms with van der Waals surface area (Å²) in [5, 5.41) is 17.8. The smallest absolute Gasteiger partial charge is 0.347 e. The molecule has 90 valence electrons. The molecule has 0 aliphatic heterocycles. The lowest BCUT2D eigenvalue weighted by Gasteiger charge is -2.01. The van der Waals surface area contributed by atoms with Crippen LogP contribution in [0.3, 0.4) is 0 Å². The standard InChI is InChI=1S/C9H7NO5S2/c11-9(12)7-8(17(14,15)10-13)5-3-1-2-4-6(5)16-7/h1-4,10,13H,(H,11,12). The fourth-order valence-corrected chi connectivity index (χ4v) is 3.82. The van der Waals surface area contributed by atoms with Crippen LogP contribution in [-0.4, -0.2) is 24.7 Å². The van der Waals surface area contributed by atoms with E-state index in [9.17, 15) is 13.2 Å². The molecule has 0 bridgehead atoms. The van der Waals surface area contributed by atoms with Gasteiger partial charge in [-0.15, -0.1) is 11.3 Å². The minimum Gasteiger partial charge on any atom is -0.477 e. The maximum Gasteiger partial charge on any atom is 0.347 e. The first-order valence-corrected chi connectivity index (χ1v) is 6.68. The predicted molar refractivity (Wildman–Crippen MR) is 60.9 cm³/mol. The number of carboxylic acid groups (broad SMARTS) is 1. The summed E-state index contributed by atoms with van der Waals surface area (Å²) in [6.45, 7) is 0. The molecule has 0 saturated carbocycles.